The molecule has 0 saturated carbocycles. The highest BCUT2D eigenvalue weighted by atomic mass is 16.5. The number of amides is 1. The molecule has 0 heterocycles. The molecule has 2 aromatic carbocycles. The van der Waals surface area contributed by atoms with Crippen molar-refractivity contribution in [3.05, 3.63) is 73.2 Å². The van der Waals surface area contributed by atoms with Crippen LogP contribution in [0, 0.1) is 14.0 Å². The van der Waals surface area contributed by atoms with Gasteiger partial charge in [-0.3, -0.25) is 4.79 Å². The van der Waals surface area contributed by atoms with Gasteiger partial charge in [0.2, 0.25) is 0 Å². The molecule has 0 bridgehead atoms. The third kappa shape index (κ3) is 1.98. The quantitative estimate of drug-likeness (QED) is 0.627. The Morgan fingerprint density at radius 2 is 1.77 bits per heavy atom. The zero-order chi connectivity index (χ0) is 15.9. The van der Waals surface area contributed by atoms with Gasteiger partial charge in [0.15, 0.2) is 0 Å². The number of ether oxygens (including phenoxy) is 1. The number of carbonyl (C=O) groups excluding carboxylic acids is 1. The van der Waals surface area contributed by atoms with E-state index in [-0.39, 0.29) is 5.56 Å². The van der Waals surface area contributed by atoms with Gasteiger partial charge in [0.25, 0.3) is 11.9 Å². The van der Waals surface area contributed by atoms with Gasteiger partial charge in [0.05, 0.1) is 7.11 Å². The predicted octanol–water partition coefficient (Wildman–Crippen LogP) is 2.19. The third-order valence-electron chi connectivity index (χ3n) is 3.80. The van der Waals surface area contributed by atoms with Crippen LogP contribution in [-0.2, 0) is 10.3 Å². The SMILES string of the molecule is [CH2]OC1([CH2])c2ccccc2-c2ccc(C(=O)N=C([N])[N])cc21. The van der Waals surface area contributed by atoms with Gasteiger partial charge in [-0.1, -0.05) is 30.3 Å². The maximum atomic E-state index is 11.8. The summed E-state index contributed by atoms with van der Waals surface area (Å²) in [6.07, 6.45) is 0. The van der Waals surface area contributed by atoms with Crippen molar-refractivity contribution >= 4 is 11.9 Å². The lowest BCUT2D eigenvalue weighted by atomic mass is 9.92. The number of rotatable bonds is 2. The Morgan fingerprint density at radius 3 is 2.45 bits per heavy atom. The molecule has 1 aliphatic carbocycles. The van der Waals surface area contributed by atoms with E-state index in [1.807, 2.05) is 24.3 Å². The van der Waals surface area contributed by atoms with E-state index in [4.69, 9.17) is 16.2 Å². The standard InChI is InChI=1S/C17H11N3O2/c1-17(22-2)13-6-4-3-5-11(13)12-8-7-10(9-14(12)17)15(21)20-16(18)19/h3-9H,1-2H2. The number of hydrogen-bond donors (Lipinski definition) is 0. The van der Waals surface area contributed by atoms with Gasteiger partial charge in [0, 0.05) is 5.56 Å². The molecule has 1 unspecified atom stereocenters. The molecule has 0 N–H and O–H groups in total. The maximum absolute atomic E-state index is 11.8. The summed E-state index contributed by atoms with van der Waals surface area (Å²) in [4.78, 5) is 15.0. The molecule has 0 saturated heterocycles. The predicted molar refractivity (Wildman–Crippen MR) is 80.5 cm³/mol. The fourth-order valence-corrected chi connectivity index (χ4v) is 2.77. The van der Waals surface area contributed by atoms with Crippen LogP contribution in [0.25, 0.3) is 11.1 Å². The zero-order valence-corrected chi connectivity index (χ0v) is 11.6. The lowest BCUT2D eigenvalue weighted by Crippen LogP contribution is -2.22. The van der Waals surface area contributed by atoms with Crippen LogP contribution in [-0.4, -0.2) is 11.9 Å². The fraction of sp³-hybridized carbons (Fsp3) is 0.0588. The van der Waals surface area contributed by atoms with Crippen LogP contribution in [0.3, 0.4) is 0 Å². The number of benzene rings is 2. The number of guanidine groups is 1. The van der Waals surface area contributed by atoms with Gasteiger partial charge in [-0.2, -0.15) is 4.99 Å². The van der Waals surface area contributed by atoms with E-state index in [0.29, 0.717) is 5.56 Å². The monoisotopic (exact) mass is 289 g/mol. The van der Waals surface area contributed by atoms with Crippen molar-refractivity contribution in [3.63, 3.8) is 0 Å². The van der Waals surface area contributed by atoms with E-state index in [9.17, 15) is 4.79 Å². The van der Waals surface area contributed by atoms with E-state index < -0.39 is 17.5 Å². The minimum absolute atomic E-state index is 0.206. The highest BCUT2D eigenvalue weighted by Crippen LogP contribution is 2.49. The van der Waals surface area contributed by atoms with Crippen molar-refractivity contribution in [1.82, 2.24) is 11.5 Å². The average molecular weight is 289 g/mol. The molecule has 106 valence electrons. The van der Waals surface area contributed by atoms with Crippen LogP contribution in [0.15, 0.2) is 47.5 Å². The first-order valence-corrected chi connectivity index (χ1v) is 6.51. The Balaban J connectivity index is 2.19. The van der Waals surface area contributed by atoms with Crippen LogP contribution in [0.5, 0.6) is 0 Å². The summed E-state index contributed by atoms with van der Waals surface area (Å²) in [5, 5.41) is 0. The highest BCUT2D eigenvalue weighted by Gasteiger charge is 2.39. The van der Waals surface area contributed by atoms with Crippen molar-refractivity contribution in [2.45, 2.75) is 5.60 Å². The first-order chi connectivity index (χ1) is 10.5. The second-order valence-corrected chi connectivity index (χ2v) is 4.99. The summed E-state index contributed by atoms with van der Waals surface area (Å²) in [6.45, 7) is 4.10. The second-order valence-electron chi connectivity index (χ2n) is 4.99. The summed E-state index contributed by atoms with van der Waals surface area (Å²) in [6, 6.07) is 12.5. The van der Waals surface area contributed by atoms with Crippen molar-refractivity contribution in [1.29, 1.82) is 0 Å². The largest absolute Gasteiger partial charge is 0.363 e. The molecule has 0 spiro atoms. The smallest absolute Gasteiger partial charge is 0.291 e. The van der Waals surface area contributed by atoms with Crippen LogP contribution >= 0.6 is 0 Å². The highest BCUT2D eigenvalue weighted by molar-refractivity contribution is 6.02. The molecule has 5 nitrogen and oxygen atoms in total. The minimum Gasteiger partial charge on any atom is -0.363 e. The first kappa shape index (κ1) is 14.3. The van der Waals surface area contributed by atoms with E-state index in [0.717, 1.165) is 16.7 Å². The van der Waals surface area contributed by atoms with Crippen molar-refractivity contribution in [2.24, 2.45) is 4.99 Å². The van der Waals surface area contributed by atoms with Gasteiger partial charge in [0.1, 0.15) is 5.60 Å². The Morgan fingerprint density at radius 1 is 1.09 bits per heavy atom. The third-order valence-corrected chi connectivity index (χ3v) is 3.80. The molecule has 5 heteroatoms. The van der Waals surface area contributed by atoms with E-state index in [2.05, 4.69) is 19.0 Å². The Bertz CT molecular complexity index is 794. The van der Waals surface area contributed by atoms with Crippen LogP contribution < -0.4 is 11.5 Å². The zero-order valence-electron chi connectivity index (χ0n) is 11.6. The van der Waals surface area contributed by atoms with Gasteiger partial charge in [-0.25, -0.2) is 0 Å². The number of hydrogen-bond acceptors (Lipinski definition) is 2. The Kier molecular flexibility index (Phi) is 3.22. The molecule has 22 heavy (non-hydrogen) atoms. The lowest BCUT2D eigenvalue weighted by Gasteiger charge is -2.25. The van der Waals surface area contributed by atoms with Gasteiger partial charge >= 0.3 is 0 Å². The van der Waals surface area contributed by atoms with Gasteiger partial charge in [-0.05, 0) is 41.3 Å². The summed E-state index contributed by atoms with van der Waals surface area (Å²) in [7, 11) is 3.51. The molecular weight excluding hydrogens is 278 g/mol. The second kappa shape index (κ2) is 4.96. The topological polar surface area (TPSA) is 83.3 Å². The molecule has 2 aromatic rings. The molecule has 1 atom stereocenters. The Labute approximate surface area is 128 Å². The molecule has 1 aliphatic rings. The lowest BCUT2D eigenvalue weighted by molar-refractivity contribution is 0.0989. The van der Waals surface area contributed by atoms with Crippen molar-refractivity contribution in [3.8, 4) is 11.1 Å². The minimum atomic E-state index is -1.27. The maximum Gasteiger partial charge on any atom is 0.291 e. The van der Waals surface area contributed by atoms with Crippen molar-refractivity contribution in [2.75, 3.05) is 0 Å². The van der Waals surface area contributed by atoms with Crippen LogP contribution in [0.2, 0.25) is 0 Å². The average Bonchev–Trinajstić information content (AvgIpc) is 2.77. The number of fused-ring (bicyclic) bond motifs is 3. The van der Waals surface area contributed by atoms with Crippen LogP contribution in [0.1, 0.15) is 21.5 Å². The number of carbonyl (C=O) groups is 1. The summed E-state index contributed by atoms with van der Waals surface area (Å²) < 4.78 is 5.36. The molecule has 3 rings (SSSR count). The van der Waals surface area contributed by atoms with E-state index in [1.54, 1.807) is 18.2 Å². The summed E-state index contributed by atoms with van der Waals surface area (Å²) in [5.74, 6) is -2.03. The molecule has 0 aromatic heterocycles. The molecular formula is C17H11N3O2. The molecule has 1 amide bonds. The molecule has 6 radical (unpaired) electrons. The number of nitrogens with zero attached hydrogens (tertiary/aromatic N) is 3. The Hall–Kier alpha value is -2.66. The van der Waals surface area contributed by atoms with Gasteiger partial charge in [-0.15, -0.1) is 11.5 Å². The van der Waals surface area contributed by atoms with Crippen molar-refractivity contribution < 1.29 is 9.53 Å². The summed E-state index contributed by atoms with van der Waals surface area (Å²) in [5.41, 5.74) is 20.0. The van der Waals surface area contributed by atoms with E-state index in [1.165, 1.54) is 0 Å². The fourth-order valence-electron chi connectivity index (χ4n) is 2.77. The normalized spacial score (nSPS) is 18.5. The van der Waals surface area contributed by atoms with Gasteiger partial charge < -0.3 is 4.74 Å². The van der Waals surface area contributed by atoms with E-state index >= 15 is 0 Å². The molecule has 0 aliphatic heterocycles. The van der Waals surface area contributed by atoms with Crippen LogP contribution in [0.4, 0.5) is 0 Å². The number of aliphatic imine (C=N–C) groups is 1. The molecule has 0 fully saturated rings. The summed E-state index contributed by atoms with van der Waals surface area (Å²) >= 11 is 0. The first-order valence-electron chi connectivity index (χ1n) is 6.51.